The highest BCUT2D eigenvalue weighted by Crippen LogP contribution is 2.19. The topological polar surface area (TPSA) is 27.0 Å². The average Bonchev–Trinajstić information content (AvgIpc) is 2.47. The van der Waals surface area contributed by atoms with Crippen LogP contribution in [0.3, 0.4) is 0 Å². The van der Waals surface area contributed by atoms with Crippen molar-refractivity contribution in [2.45, 2.75) is 13.5 Å². The van der Waals surface area contributed by atoms with Gasteiger partial charge < -0.3 is 4.90 Å². The van der Waals surface area contributed by atoms with Gasteiger partial charge in [0, 0.05) is 24.3 Å². The molecule has 96 valence electrons. The molecule has 0 heterocycles. The summed E-state index contributed by atoms with van der Waals surface area (Å²) in [4.78, 5) is 2.07. The molecule has 0 fully saturated rings. The summed E-state index contributed by atoms with van der Waals surface area (Å²) in [6.07, 6.45) is 0. The third-order valence-electron chi connectivity index (χ3n) is 3.06. The van der Waals surface area contributed by atoms with Crippen LogP contribution < -0.4 is 4.90 Å². The average molecular weight is 254 g/mol. The summed E-state index contributed by atoms with van der Waals surface area (Å²) in [5.41, 5.74) is 1.69. The lowest BCUT2D eigenvalue weighted by Crippen LogP contribution is -2.22. The van der Waals surface area contributed by atoms with Crippen molar-refractivity contribution >= 4 is 5.69 Å². The van der Waals surface area contributed by atoms with E-state index < -0.39 is 5.82 Å². The van der Waals surface area contributed by atoms with Crippen molar-refractivity contribution in [2.24, 2.45) is 0 Å². The summed E-state index contributed by atoms with van der Waals surface area (Å²) in [5.74, 6) is -0.417. The van der Waals surface area contributed by atoms with Gasteiger partial charge in [0.25, 0.3) is 0 Å². The third-order valence-corrected chi connectivity index (χ3v) is 3.06. The minimum atomic E-state index is -0.417. The van der Waals surface area contributed by atoms with Crippen LogP contribution in [0.15, 0.2) is 48.5 Å². The Bertz CT molecular complexity index is 587. The Morgan fingerprint density at radius 2 is 1.84 bits per heavy atom. The minimum absolute atomic E-state index is 0.0987. The zero-order valence-electron chi connectivity index (χ0n) is 10.8. The predicted octanol–water partition coefficient (Wildman–Crippen LogP) is 3.72. The van der Waals surface area contributed by atoms with E-state index in [4.69, 9.17) is 5.26 Å². The van der Waals surface area contributed by atoms with Crippen LogP contribution in [0.25, 0.3) is 0 Å². The number of hydrogen-bond donors (Lipinski definition) is 0. The number of anilines is 1. The van der Waals surface area contributed by atoms with Gasteiger partial charge in [-0.15, -0.1) is 0 Å². The zero-order valence-corrected chi connectivity index (χ0v) is 10.8. The molecule has 0 N–H and O–H groups in total. The van der Waals surface area contributed by atoms with Crippen LogP contribution in [0, 0.1) is 17.1 Å². The highest BCUT2D eigenvalue weighted by molar-refractivity contribution is 5.47. The molecule has 0 amide bonds. The third kappa shape index (κ3) is 2.92. The van der Waals surface area contributed by atoms with Crippen molar-refractivity contribution in [3.63, 3.8) is 0 Å². The molecule has 2 aromatic rings. The van der Waals surface area contributed by atoms with E-state index in [1.165, 1.54) is 6.07 Å². The summed E-state index contributed by atoms with van der Waals surface area (Å²) < 4.78 is 14.0. The molecule has 0 aliphatic carbocycles. The molecule has 0 unspecified atom stereocenters. The number of rotatable bonds is 4. The molecule has 0 saturated carbocycles. The Hall–Kier alpha value is -2.34. The molecule has 0 spiro atoms. The molecule has 0 bridgehead atoms. The van der Waals surface area contributed by atoms with Gasteiger partial charge in [-0.3, -0.25) is 0 Å². The fourth-order valence-electron chi connectivity index (χ4n) is 2.02. The van der Waals surface area contributed by atoms with Crippen LogP contribution in [0.5, 0.6) is 0 Å². The van der Waals surface area contributed by atoms with Gasteiger partial charge in [0.1, 0.15) is 11.9 Å². The van der Waals surface area contributed by atoms with Gasteiger partial charge in [-0.2, -0.15) is 5.26 Å². The number of hydrogen-bond acceptors (Lipinski definition) is 2. The fourth-order valence-corrected chi connectivity index (χ4v) is 2.02. The molecule has 0 saturated heterocycles. The Kier molecular flexibility index (Phi) is 4.15. The van der Waals surface area contributed by atoms with E-state index in [-0.39, 0.29) is 5.56 Å². The number of para-hydroxylation sites is 1. The molecule has 0 atom stereocenters. The van der Waals surface area contributed by atoms with E-state index in [9.17, 15) is 4.39 Å². The first kappa shape index (κ1) is 13.1. The molecule has 0 aliphatic rings. The van der Waals surface area contributed by atoms with Gasteiger partial charge >= 0.3 is 0 Å². The Balaban J connectivity index is 2.27. The quantitative estimate of drug-likeness (QED) is 0.831. The van der Waals surface area contributed by atoms with E-state index in [1.54, 1.807) is 12.1 Å². The normalized spacial score (nSPS) is 9.95. The smallest absolute Gasteiger partial charge is 0.145 e. The largest absolute Gasteiger partial charge is 0.367 e. The van der Waals surface area contributed by atoms with E-state index in [0.29, 0.717) is 12.1 Å². The molecular formula is C16H15FN2. The summed E-state index contributed by atoms with van der Waals surface area (Å²) in [7, 11) is 0. The molecule has 3 heteroatoms. The van der Waals surface area contributed by atoms with Crippen LogP contribution in [0.2, 0.25) is 0 Å². The summed E-state index contributed by atoms with van der Waals surface area (Å²) in [6.45, 7) is 3.27. The summed E-state index contributed by atoms with van der Waals surface area (Å²) >= 11 is 0. The van der Waals surface area contributed by atoms with Gasteiger partial charge in [0.2, 0.25) is 0 Å². The highest BCUT2D eigenvalue weighted by atomic mass is 19.1. The zero-order chi connectivity index (χ0) is 13.7. The second-order valence-electron chi connectivity index (χ2n) is 4.24. The summed E-state index contributed by atoms with van der Waals surface area (Å²) in [6, 6.07) is 16.7. The second-order valence-corrected chi connectivity index (χ2v) is 4.24. The lowest BCUT2D eigenvalue weighted by Gasteiger charge is -2.23. The van der Waals surface area contributed by atoms with Crippen LogP contribution in [0.1, 0.15) is 18.1 Å². The minimum Gasteiger partial charge on any atom is -0.367 e. The van der Waals surface area contributed by atoms with Gasteiger partial charge in [0.15, 0.2) is 0 Å². The van der Waals surface area contributed by atoms with Crippen LogP contribution in [-0.2, 0) is 6.54 Å². The van der Waals surface area contributed by atoms with E-state index >= 15 is 0 Å². The van der Waals surface area contributed by atoms with Crippen molar-refractivity contribution in [2.75, 3.05) is 11.4 Å². The van der Waals surface area contributed by atoms with Crippen LogP contribution in [0.4, 0.5) is 10.1 Å². The van der Waals surface area contributed by atoms with Crippen molar-refractivity contribution in [1.82, 2.24) is 0 Å². The van der Waals surface area contributed by atoms with E-state index in [0.717, 1.165) is 12.2 Å². The number of nitrogens with zero attached hydrogens (tertiary/aromatic N) is 2. The molecule has 2 aromatic carbocycles. The van der Waals surface area contributed by atoms with Gasteiger partial charge in [-0.05, 0) is 25.1 Å². The van der Waals surface area contributed by atoms with Gasteiger partial charge in [0.05, 0.1) is 5.56 Å². The maximum Gasteiger partial charge on any atom is 0.145 e. The number of halogens is 1. The van der Waals surface area contributed by atoms with Crippen molar-refractivity contribution in [1.29, 1.82) is 5.26 Å². The Morgan fingerprint density at radius 3 is 2.47 bits per heavy atom. The monoisotopic (exact) mass is 254 g/mol. The molecular weight excluding hydrogens is 239 g/mol. The van der Waals surface area contributed by atoms with Crippen molar-refractivity contribution in [3.8, 4) is 6.07 Å². The molecule has 19 heavy (non-hydrogen) atoms. The van der Waals surface area contributed by atoms with Crippen LogP contribution in [-0.4, -0.2) is 6.54 Å². The SMILES string of the molecule is CCN(Cc1cccc(C#N)c1F)c1ccccc1. The summed E-state index contributed by atoms with van der Waals surface area (Å²) in [5, 5.41) is 8.85. The maximum atomic E-state index is 14.0. The first-order valence-corrected chi connectivity index (χ1v) is 6.23. The molecule has 0 aliphatic heterocycles. The first-order valence-electron chi connectivity index (χ1n) is 6.23. The molecule has 0 radical (unpaired) electrons. The Labute approximate surface area is 112 Å². The highest BCUT2D eigenvalue weighted by Gasteiger charge is 2.11. The van der Waals surface area contributed by atoms with E-state index in [1.807, 2.05) is 43.3 Å². The van der Waals surface area contributed by atoms with Gasteiger partial charge in [-0.1, -0.05) is 30.3 Å². The second kappa shape index (κ2) is 6.01. The molecule has 2 rings (SSSR count). The Morgan fingerprint density at radius 1 is 1.11 bits per heavy atom. The molecule has 2 nitrogen and oxygen atoms in total. The van der Waals surface area contributed by atoms with Crippen molar-refractivity contribution in [3.05, 3.63) is 65.5 Å². The van der Waals surface area contributed by atoms with E-state index in [2.05, 4.69) is 4.90 Å². The number of benzene rings is 2. The first-order chi connectivity index (χ1) is 9.26. The number of nitriles is 1. The molecule has 0 aromatic heterocycles. The lowest BCUT2D eigenvalue weighted by molar-refractivity contribution is 0.601. The van der Waals surface area contributed by atoms with Crippen molar-refractivity contribution < 1.29 is 4.39 Å². The fraction of sp³-hybridized carbons (Fsp3) is 0.188. The standard InChI is InChI=1S/C16H15FN2/c1-2-19(15-9-4-3-5-10-15)12-14-8-6-7-13(11-18)16(14)17/h3-10H,2,12H2,1H3. The van der Waals surface area contributed by atoms with Gasteiger partial charge in [-0.25, -0.2) is 4.39 Å². The lowest BCUT2D eigenvalue weighted by atomic mass is 10.1. The maximum absolute atomic E-state index is 14.0. The predicted molar refractivity (Wildman–Crippen MR) is 74.3 cm³/mol. The van der Waals surface area contributed by atoms with Crippen LogP contribution >= 0.6 is 0 Å².